The Hall–Kier alpha value is -1.14. The van der Waals surface area contributed by atoms with Crippen LogP contribution in [0.1, 0.15) is 32.6 Å². The minimum atomic E-state index is -0.306. The predicted molar refractivity (Wildman–Crippen MR) is 79.1 cm³/mol. The van der Waals surface area contributed by atoms with Crippen molar-refractivity contribution in [1.29, 1.82) is 0 Å². The first kappa shape index (κ1) is 16.9. The third-order valence-electron chi connectivity index (χ3n) is 3.60. The second kappa shape index (κ2) is 9.72. The van der Waals surface area contributed by atoms with Gasteiger partial charge >= 0.3 is 0 Å². The molecule has 0 aromatic carbocycles. The lowest BCUT2D eigenvalue weighted by Gasteiger charge is -2.30. The predicted octanol–water partition coefficient (Wildman–Crippen LogP) is -0.310. The maximum Gasteiger partial charge on any atom is 0.239 e. The zero-order valence-corrected chi connectivity index (χ0v) is 12.5. The van der Waals surface area contributed by atoms with Gasteiger partial charge in [0.05, 0.1) is 13.1 Å². The molecule has 1 saturated heterocycles. The van der Waals surface area contributed by atoms with Gasteiger partial charge in [-0.05, 0) is 44.7 Å². The molecular formula is C14H28N4O2. The van der Waals surface area contributed by atoms with Crippen molar-refractivity contribution in [3.8, 4) is 0 Å². The summed E-state index contributed by atoms with van der Waals surface area (Å²) >= 11 is 0. The van der Waals surface area contributed by atoms with Crippen LogP contribution in [0.5, 0.6) is 0 Å². The van der Waals surface area contributed by atoms with Crippen LogP contribution in [-0.4, -0.2) is 56.0 Å². The molecule has 1 aliphatic heterocycles. The van der Waals surface area contributed by atoms with Gasteiger partial charge in [-0.25, -0.2) is 0 Å². The van der Waals surface area contributed by atoms with Crippen molar-refractivity contribution in [3.05, 3.63) is 0 Å². The quantitative estimate of drug-likeness (QED) is 0.534. The van der Waals surface area contributed by atoms with Crippen molar-refractivity contribution in [2.45, 2.75) is 32.6 Å². The summed E-state index contributed by atoms with van der Waals surface area (Å²) in [4.78, 5) is 24.8. The first-order valence-electron chi connectivity index (χ1n) is 7.57. The van der Waals surface area contributed by atoms with E-state index in [1.807, 2.05) is 0 Å². The third kappa shape index (κ3) is 7.45. The lowest BCUT2D eigenvalue weighted by atomic mass is 10.0. The Morgan fingerprint density at radius 2 is 2.05 bits per heavy atom. The fraction of sp³-hybridized carbons (Fsp3) is 0.857. The lowest BCUT2D eigenvalue weighted by Crippen LogP contribution is -2.40. The Labute approximate surface area is 121 Å². The molecule has 1 atom stereocenters. The maximum atomic E-state index is 11.4. The number of nitrogens with zero attached hydrogens (tertiary/aromatic N) is 1. The Kier molecular flexibility index (Phi) is 8.22. The number of rotatable bonds is 8. The van der Waals surface area contributed by atoms with Crippen molar-refractivity contribution in [3.63, 3.8) is 0 Å². The minimum Gasteiger partial charge on any atom is -0.355 e. The molecule has 1 heterocycles. The van der Waals surface area contributed by atoms with Gasteiger partial charge in [-0.3, -0.25) is 9.59 Å². The van der Waals surface area contributed by atoms with Gasteiger partial charge in [0.1, 0.15) is 0 Å². The fourth-order valence-electron chi connectivity index (χ4n) is 2.49. The molecule has 6 heteroatoms. The smallest absolute Gasteiger partial charge is 0.239 e. The Bertz CT molecular complexity index is 310. The van der Waals surface area contributed by atoms with Crippen LogP contribution >= 0.6 is 0 Å². The van der Waals surface area contributed by atoms with Crippen LogP contribution in [0, 0.1) is 5.92 Å². The Balaban J connectivity index is 1.96. The molecule has 116 valence electrons. The number of likely N-dealkylation sites (tertiary alicyclic amines) is 1. The van der Waals surface area contributed by atoms with Gasteiger partial charge < -0.3 is 21.3 Å². The number of nitrogens with one attached hydrogen (secondary N) is 2. The van der Waals surface area contributed by atoms with Gasteiger partial charge in [0, 0.05) is 13.1 Å². The van der Waals surface area contributed by atoms with Crippen molar-refractivity contribution < 1.29 is 9.59 Å². The zero-order chi connectivity index (χ0) is 14.8. The van der Waals surface area contributed by atoms with Gasteiger partial charge in [-0.1, -0.05) is 6.92 Å². The second-order valence-electron chi connectivity index (χ2n) is 5.59. The van der Waals surface area contributed by atoms with Crippen molar-refractivity contribution in [2.24, 2.45) is 11.7 Å². The van der Waals surface area contributed by atoms with Crippen LogP contribution in [0.15, 0.2) is 0 Å². The number of carbonyl (C=O) groups is 2. The molecule has 0 radical (unpaired) electrons. The van der Waals surface area contributed by atoms with E-state index in [0.29, 0.717) is 6.54 Å². The highest BCUT2D eigenvalue weighted by molar-refractivity contribution is 5.85. The van der Waals surface area contributed by atoms with E-state index >= 15 is 0 Å². The standard InChI is InChI=1S/C14H28N4O2/c1-12-5-4-8-18(11-12)7-3-2-6-16-14(20)10-17-13(19)9-15/h12H,2-11,15H2,1H3,(H,16,20)(H,17,19). The Morgan fingerprint density at radius 1 is 1.25 bits per heavy atom. The molecule has 0 aromatic rings. The highest BCUT2D eigenvalue weighted by atomic mass is 16.2. The average molecular weight is 284 g/mol. The Morgan fingerprint density at radius 3 is 2.75 bits per heavy atom. The molecule has 4 N–H and O–H groups in total. The number of nitrogens with two attached hydrogens (primary N) is 1. The normalized spacial score (nSPS) is 19.6. The summed E-state index contributed by atoms with van der Waals surface area (Å²) in [5.41, 5.74) is 5.13. The van der Waals surface area contributed by atoms with Crippen molar-refractivity contribution in [2.75, 3.05) is 39.3 Å². The lowest BCUT2D eigenvalue weighted by molar-refractivity contribution is -0.125. The van der Waals surface area contributed by atoms with Crippen LogP contribution < -0.4 is 16.4 Å². The van der Waals surface area contributed by atoms with Crippen LogP contribution in [-0.2, 0) is 9.59 Å². The number of piperidine rings is 1. The van der Waals surface area contributed by atoms with E-state index < -0.39 is 0 Å². The van der Waals surface area contributed by atoms with Gasteiger partial charge in [0.15, 0.2) is 0 Å². The number of amides is 2. The van der Waals surface area contributed by atoms with Crippen molar-refractivity contribution in [1.82, 2.24) is 15.5 Å². The highest BCUT2D eigenvalue weighted by Gasteiger charge is 2.15. The first-order valence-corrected chi connectivity index (χ1v) is 7.57. The van der Waals surface area contributed by atoms with Gasteiger partial charge in [-0.15, -0.1) is 0 Å². The van der Waals surface area contributed by atoms with Crippen LogP contribution in [0.3, 0.4) is 0 Å². The van der Waals surface area contributed by atoms with Crippen LogP contribution in [0.25, 0.3) is 0 Å². The van der Waals surface area contributed by atoms with E-state index in [1.54, 1.807) is 0 Å². The molecule has 1 unspecified atom stereocenters. The summed E-state index contributed by atoms with van der Waals surface area (Å²) in [6.07, 6.45) is 4.73. The molecule has 0 spiro atoms. The summed E-state index contributed by atoms with van der Waals surface area (Å²) < 4.78 is 0. The molecule has 1 fully saturated rings. The fourth-order valence-corrected chi connectivity index (χ4v) is 2.49. The second-order valence-corrected chi connectivity index (χ2v) is 5.59. The molecule has 0 saturated carbocycles. The molecule has 1 rings (SSSR count). The molecule has 1 aliphatic rings. The zero-order valence-electron chi connectivity index (χ0n) is 12.5. The third-order valence-corrected chi connectivity index (χ3v) is 3.60. The number of unbranched alkanes of at least 4 members (excludes halogenated alkanes) is 1. The molecule has 2 amide bonds. The molecule has 0 aliphatic carbocycles. The largest absolute Gasteiger partial charge is 0.355 e. The maximum absolute atomic E-state index is 11.4. The van der Waals surface area contributed by atoms with E-state index in [2.05, 4.69) is 22.5 Å². The monoisotopic (exact) mass is 284 g/mol. The summed E-state index contributed by atoms with van der Waals surface area (Å²) in [6.45, 7) is 6.44. The minimum absolute atomic E-state index is 0.0136. The molecule has 20 heavy (non-hydrogen) atoms. The first-order chi connectivity index (χ1) is 9.61. The topological polar surface area (TPSA) is 87.5 Å². The number of hydrogen-bond acceptors (Lipinski definition) is 4. The number of carbonyl (C=O) groups excluding carboxylic acids is 2. The number of hydrogen-bond donors (Lipinski definition) is 3. The van der Waals surface area contributed by atoms with E-state index in [4.69, 9.17) is 5.73 Å². The molecular weight excluding hydrogens is 256 g/mol. The van der Waals surface area contributed by atoms with Gasteiger partial charge in [0.25, 0.3) is 0 Å². The molecule has 6 nitrogen and oxygen atoms in total. The van der Waals surface area contributed by atoms with E-state index in [9.17, 15) is 9.59 Å². The summed E-state index contributed by atoms with van der Waals surface area (Å²) in [6, 6.07) is 0. The van der Waals surface area contributed by atoms with E-state index in [1.165, 1.54) is 25.9 Å². The summed E-state index contributed by atoms with van der Waals surface area (Å²) in [7, 11) is 0. The van der Waals surface area contributed by atoms with E-state index in [0.717, 1.165) is 25.3 Å². The summed E-state index contributed by atoms with van der Waals surface area (Å²) in [5.74, 6) is 0.354. The van der Waals surface area contributed by atoms with E-state index in [-0.39, 0.29) is 24.9 Å². The molecule has 0 bridgehead atoms. The van der Waals surface area contributed by atoms with Crippen LogP contribution in [0.2, 0.25) is 0 Å². The van der Waals surface area contributed by atoms with Gasteiger partial charge in [0.2, 0.25) is 11.8 Å². The summed E-state index contributed by atoms with van der Waals surface area (Å²) in [5, 5.41) is 5.24. The SMILES string of the molecule is CC1CCCN(CCCCNC(=O)CNC(=O)CN)C1. The molecule has 0 aromatic heterocycles. The average Bonchev–Trinajstić information content (AvgIpc) is 2.44. The highest BCUT2D eigenvalue weighted by Crippen LogP contribution is 2.15. The van der Waals surface area contributed by atoms with Gasteiger partial charge in [-0.2, -0.15) is 0 Å². The van der Waals surface area contributed by atoms with Crippen LogP contribution in [0.4, 0.5) is 0 Å². The van der Waals surface area contributed by atoms with Crippen molar-refractivity contribution >= 4 is 11.8 Å².